The minimum absolute atomic E-state index is 0.0343. The van der Waals surface area contributed by atoms with Gasteiger partial charge < -0.3 is 5.32 Å². The summed E-state index contributed by atoms with van der Waals surface area (Å²) in [4.78, 5) is 15.9. The molecule has 1 amide bonds. The molecule has 2 rings (SSSR count). The number of benzene rings is 1. The van der Waals surface area contributed by atoms with Crippen molar-refractivity contribution >= 4 is 21.6 Å². The fourth-order valence-electron chi connectivity index (χ4n) is 2.14. The second kappa shape index (κ2) is 7.34. The number of sulfonamides is 1. The maximum Gasteiger partial charge on any atom is 0.240 e. The molecule has 0 aliphatic carbocycles. The van der Waals surface area contributed by atoms with E-state index >= 15 is 0 Å². The maximum absolute atomic E-state index is 12.3. The number of aromatic nitrogens is 1. The summed E-state index contributed by atoms with van der Waals surface area (Å²) in [5, 5.41) is 2.67. The van der Waals surface area contributed by atoms with E-state index in [0.29, 0.717) is 11.3 Å². The first kappa shape index (κ1) is 17.1. The van der Waals surface area contributed by atoms with Crippen LogP contribution in [0.4, 0.5) is 5.69 Å². The number of rotatable bonds is 6. The highest BCUT2D eigenvalue weighted by Gasteiger charge is 2.16. The monoisotopic (exact) mass is 333 g/mol. The number of hydrogen-bond donors (Lipinski definition) is 2. The molecule has 0 bridgehead atoms. The summed E-state index contributed by atoms with van der Waals surface area (Å²) in [6, 6.07) is 8.46. The molecule has 1 heterocycles. The molecule has 1 aromatic heterocycles. The van der Waals surface area contributed by atoms with E-state index in [0.717, 1.165) is 5.56 Å². The van der Waals surface area contributed by atoms with Gasteiger partial charge in [-0.1, -0.05) is 17.7 Å². The molecule has 0 fully saturated rings. The van der Waals surface area contributed by atoms with E-state index in [9.17, 15) is 13.2 Å². The number of anilines is 1. The highest BCUT2D eigenvalue weighted by Crippen LogP contribution is 2.16. The molecule has 1 aromatic carbocycles. The predicted octanol–water partition coefficient (Wildman–Crippen LogP) is 2.01. The molecule has 0 unspecified atom stereocenters. The lowest BCUT2D eigenvalue weighted by Crippen LogP contribution is -2.28. The maximum atomic E-state index is 12.3. The number of nitrogens with zero attached hydrogens (tertiary/aromatic N) is 1. The zero-order chi connectivity index (χ0) is 16.9. The van der Waals surface area contributed by atoms with E-state index in [4.69, 9.17) is 0 Å². The Morgan fingerprint density at radius 2 is 1.83 bits per heavy atom. The molecule has 7 heteroatoms. The molecule has 0 spiro atoms. The van der Waals surface area contributed by atoms with Crippen molar-refractivity contribution in [3.05, 3.63) is 53.9 Å². The average Bonchev–Trinajstić information content (AvgIpc) is 2.47. The lowest BCUT2D eigenvalue weighted by Gasteiger charge is -2.10. The fourth-order valence-corrected chi connectivity index (χ4v) is 3.39. The van der Waals surface area contributed by atoms with Gasteiger partial charge in [0.1, 0.15) is 0 Å². The van der Waals surface area contributed by atoms with Crippen molar-refractivity contribution in [1.29, 1.82) is 0 Å². The van der Waals surface area contributed by atoms with E-state index in [1.165, 1.54) is 0 Å². The lowest BCUT2D eigenvalue weighted by atomic mass is 10.2. The van der Waals surface area contributed by atoms with Crippen molar-refractivity contribution in [2.24, 2.45) is 0 Å². The molecule has 0 aliphatic heterocycles. The van der Waals surface area contributed by atoms with Gasteiger partial charge in [0.2, 0.25) is 15.9 Å². The quantitative estimate of drug-likeness (QED) is 0.846. The Morgan fingerprint density at radius 1 is 1.13 bits per heavy atom. The molecular formula is C16H19N3O3S. The number of amides is 1. The van der Waals surface area contributed by atoms with Crippen LogP contribution >= 0.6 is 0 Å². The Balaban J connectivity index is 1.91. The van der Waals surface area contributed by atoms with Crippen LogP contribution in [-0.4, -0.2) is 25.9 Å². The fraction of sp³-hybridized carbons (Fsp3) is 0.250. The first-order valence-electron chi connectivity index (χ1n) is 7.15. The molecule has 6 nitrogen and oxygen atoms in total. The van der Waals surface area contributed by atoms with Crippen LogP contribution in [0.3, 0.4) is 0 Å². The summed E-state index contributed by atoms with van der Waals surface area (Å²) >= 11 is 0. The van der Waals surface area contributed by atoms with Crippen LogP contribution in [0.25, 0.3) is 0 Å². The summed E-state index contributed by atoms with van der Waals surface area (Å²) in [5.74, 6) is -0.264. The van der Waals surface area contributed by atoms with Gasteiger partial charge in [0.05, 0.1) is 4.90 Å². The van der Waals surface area contributed by atoms with Crippen molar-refractivity contribution in [2.45, 2.75) is 25.2 Å². The number of nitrogens with one attached hydrogen (secondary N) is 2. The molecular weight excluding hydrogens is 314 g/mol. The number of aryl methyl sites for hydroxylation is 2. The van der Waals surface area contributed by atoms with Crippen LogP contribution < -0.4 is 10.0 Å². The van der Waals surface area contributed by atoms with Gasteiger partial charge in [-0.3, -0.25) is 9.78 Å². The number of hydrogen-bond acceptors (Lipinski definition) is 4. The number of carbonyl (C=O) groups is 1. The molecule has 122 valence electrons. The van der Waals surface area contributed by atoms with Crippen LogP contribution in [0.1, 0.15) is 17.5 Å². The van der Waals surface area contributed by atoms with Gasteiger partial charge in [0.25, 0.3) is 0 Å². The Bertz CT molecular complexity index is 789. The van der Waals surface area contributed by atoms with E-state index in [-0.39, 0.29) is 23.8 Å². The Labute approximate surface area is 136 Å². The van der Waals surface area contributed by atoms with Crippen molar-refractivity contribution in [2.75, 3.05) is 11.9 Å². The van der Waals surface area contributed by atoms with Crippen LogP contribution in [0.2, 0.25) is 0 Å². The van der Waals surface area contributed by atoms with E-state index in [1.54, 1.807) is 43.6 Å². The summed E-state index contributed by atoms with van der Waals surface area (Å²) in [5.41, 5.74) is 2.30. The molecule has 0 aliphatic rings. The molecule has 0 saturated carbocycles. The Hall–Kier alpha value is -2.25. The minimum atomic E-state index is -3.62. The van der Waals surface area contributed by atoms with E-state index in [2.05, 4.69) is 15.0 Å². The first-order valence-corrected chi connectivity index (χ1v) is 8.63. The average molecular weight is 333 g/mol. The number of pyridine rings is 1. The molecule has 23 heavy (non-hydrogen) atoms. The highest BCUT2D eigenvalue weighted by molar-refractivity contribution is 7.89. The van der Waals surface area contributed by atoms with Crippen molar-refractivity contribution in [3.63, 3.8) is 0 Å². The molecule has 0 atom stereocenters. The van der Waals surface area contributed by atoms with Gasteiger partial charge in [-0.2, -0.15) is 0 Å². The Kier molecular flexibility index (Phi) is 5.46. The summed E-state index contributed by atoms with van der Waals surface area (Å²) in [6.45, 7) is 3.69. The highest BCUT2D eigenvalue weighted by atomic mass is 32.2. The van der Waals surface area contributed by atoms with Crippen LogP contribution in [0.5, 0.6) is 0 Å². The largest absolute Gasteiger partial charge is 0.326 e. The van der Waals surface area contributed by atoms with Crippen molar-refractivity contribution in [3.8, 4) is 0 Å². The zero-order valence-electron chi connectivity index (χ0n) is 13.0. The first-order chi connectivity index (χ1) is 10.9. The van der Waals surface area contributed by atoms with Gasteiger partial charge >= 0.3 is 0 Å². The van der Waals surface area contributed by atoms with Gasteiger partial charge in [-0.25, -0.2) is 13.1 Å². The smallest absolute Gasteiger partial charge is 0.240 e. The van der Waals surface area contributed by atoms with Crippen molar-refractivity contribution < 1.29 is 13.2 Å². The van der Waals surface area contributed by atoms with Crippen LogP contribution in [0.15, 0.2) is 47.6 Å². The topological polar surface area (TPSA) is 88.2 Å². The third-order valence-corrected chi connectivity index (χ3v) is 4.85. The van der Waals surface area contributed by atoms with E-state index < -0.39 is 10.0 Å². The predicted molar refractivity (Wildman–Crippen MR) is 88.6 cm³/mol. The molecule has 2 N–H and O–H groups in total. The third kappa shape index (κ3) is 4.87. The third-order valence-electron chi connectivity index (χ3n) is 3.23. The summed E-state index contributed by atoms with van der Waals surface area (Å²) in [6.07, 6.45) is 3.18. The molecule has 2 aromatic rings. The van der Waals surface area contributed by atoms with Gasteiger partial charge in [-0.05, 0) is 37.6 Å². The SMILES string of the molecule is Cc1ccc(S(=O)(=O)NCCC(=O)Nc2ccncc2)c(C)c1. The molecule has 0 saturated heterocycles. The lowest BCUT2D eigenvalue weighted by molar-refractivity contribution is -0.116. The standard InChI is InChI=1S/C16H19N3O3S/c1-12-3-4-15(13(2)11-12)23(21,22)18-10-7-16(20)19-14-5-8-17-9-6-14/h3-6,8-9,11,18H,7,10H2,1-2H3,(H,17,19,20). The van der Waals surface area contributed by atoms with Gasteiger partial charge in [0.15, 0.2) is 0 Å². The van der Waals surface area contributed by atoms with Crippen LogP contribution in [-0.2, 0) is 14.8 Å². The second-order valence-electron chi connectivity index (χ2n) is 5.20. The zero-order valence-corrected chi connectivity index (χ0v) is 13.9. The summed E-state index contributed by atoms with van der Waals surface area (Å²) in [7, 11) is -3.62. The second-order valence-corrected chi connectivity index (χ2v) is 6.94. The van der Waals surface area contributed by atoms with Gasteiger partial charge in [-0.15, -0.1) is 0 Å². The van der Waals surface area contributed by atoms with Crippen molar-refractivity contribution in [1.82, 2.24) is 9.71 Å². The number of carbonyl (C=O) groups excluding carboxylic acids is 1. The Morgan fingerprint density at radius 3 is 2.48 bits per heavy atom. The molecule has 0 radical (unpaired) electrons. The summed E-state index contributed by atoms with van der Waals surface area (Å²) < 4.78 is 27.0. The minimum Gasteiger partial charge on any atom is -0.326 e. The van der Waals surface area contributed by atoms with E-state index in [1.807, 2.05) is 13.0 Å². The van der Waals surface area contributed by atoms with Gasteiger partial charge in [0, 0.05) is 31.0 Å². The van der Waals surface area contributed by atoms with Crippen LogP contribution in [0, 0.1) is 13.8 Å². The normalized spacial score (nSPS) is 11.2.